The lowest BCUT2D eigenvalue weighted by Gasteiger charge is -2.61. The molecule has 0 saturated heterocycles. The number of hydrogen-bond acceptors (Lipinski definition) is 1. The highest BCUT2D eigenvalue weighted by atomic mass is 32.1. The highest BCUT2D eigenvalue weighted by Crippen LogP contribution is 2.68. The molecule has 4 fully saturated rings. The van der Waals surface area contributed by atoms with E-state index in [0.717, 1.165) is 35.5 Å². The van der Waals surface area contributed by atoms with Crippen LogP contribution in [0.1, 0.15) is 111 Å². The molecule has 4 rings (SSSR count). The van der Waals surface area contributed by atoms with E-state index in [2.05, 4.69) is 40.3 Å². The lowest BCUT2D eigenvalue weighted by molar-refractivity contribution is -0.114. The van der Waals surface area contributed by atoms with Crippen LogP contribution in [0, 0.1) is 46.3 Å². The monoisotopic (exact) mass is 402 g/mol. The molecule has 1 heteroatoms. The minimum absolute atomic E-state index is 0.646. The Bertz CT molecular complexity index is 579. The van der Waals surface area contributed by atoms with Gasteiger partial charge in [0.05, 0.1) is 0 Å². The van der Waals surface area contributed by atoms with Crippen LogP contribution in [0.5, 0.6) is 0 Å². The van der Waals surface area contributed by atoms with Gasteiger partial charge in [0.25, 0.3) is 0 Å². The summed E-state index contributed by atoms with van der Waals surface area (Å²) in [6.07, 6.45) is 19.4. The molecule has 0 nitrogen and oxygen atoms in total. The molecule has 4 saturated carbocycles. The Balaban J connectivity index is 1.44. The molecule has 1 unspecified atom stereocenters. The number of thiol groups is 1. The normalized spacial score (nSPS) is 47.2. The van der Waals surface area contributed by atoms with Gasteiger partial charge in [-0.15, -0.1) is 0 Å². The molecule has 8 atom stereocenters. The Labute approximate surface area is 181 Å². The van der Waals surface area contributed by atoms with E-state index in [4.69, 9.17) is 0 Å². The largest absolute Gasteiger partial charge is 0.151 e. The predicted octanol–water partition coefficient (Wildman–Crippen LogP) is 8.68. The van der Waals surface area contributed by atoms with Gasteiger partial charge >= 0.3 is 0 Å². The lowest BCUT2D eigenvalue weighted by atomic mass is 9.44. The summed E-state index contributed by atoms with van der Waals surface area (Å²) < 4.78 is 0. The van der Waals surface area contributed by atoms with Crippen molar-refractivity contribution in [3.05, 3.63) is 11.0 Å². The van der Waals surface area contributed by atoms with E-state index < -0.39 is 0 Å². The minimum atomic E-state index is 0.646. The molecule has 0 radical (unpaired) electrons. The quantitative estimate of drug-likeness (QED) is 0.437. The highest BCUT2D eigenvalue weighted by Gasteiger charge is 2.59. The van der Waals surface area contributed by atoms with Gasteiger partial charge < -0.3 is 0 Å². The van der Waals surface area contributed by atoms with E-state index in [1.807, 2.05) is 5.41 Å². The SMILES string of the molecule is CC(=CS)CCC[C@@H](C)[C@H]1CC[C@H]2[C@@H]3CCC4CCCC[C@]4(C)[C@H]3CC[C@]12C. The summed E-state index contributed by atoms with van der Waals surface area (Å²) in [6.45, 7) is 10.3. The standard InChI is InChI=1S/C27H46S/c1-19(18-28)8-7-9-20(2)23-13-14-24-22-12-11-21-10-5-6-16-26(21,3)25(22)15-17-27(23,24)4/h18,20-25,28H,5-17H2,1-4H3/t20-,21?,22+,23-,24+,25+,26+,27-/m1/s1. The zero-order chi connectivity index (χ0) is 19.9. The van der Waals surface area contributed by atoms with Gasteiger partial charge in [-0.1, -0.05) is 45.6 Å². The van der Waals surface area contributed by atoms with Crippen molar-refractivity contribution in [2.24, 2.45) is 46.3 Å². The smallest absolute Gasteiger partial charge is 0.0264 e. The van der Waals surface area contributed by atoms with Crippen molar-refractivity contribution in [1.82, 2.24) is 0 Å². The fourth-order valence-corrected chi connectivity index (χ4v) is 9.37. The van der Waals surface area contributed by atoms with Gasteiger partial charge in [0.1, 0.15) is 0 Å². The fraction of sp³-hybridized carbons (Fsp3) is 0.926. The second-order valence-corrected chi connectivity index (χ2v) is 12.2. The van der Waals surface area contributed by atoms with Crippen LogP contribution in [0.2, 0.25) is 0 Å². The van der Waals surface area contributed by atoms with Gasteiger partial charge in [-0.25, -0.2) is 0 Å². The molecular formula is C27H46S. The van der Waals surface area contributed by atoms with Crippen LogP contribution in [0.4, 0.5) is 0 Å². The predicted molar refractivity (Wildman–Crippen MR) is 126 cm³/mol. The Morgan fingerprint density at radius 1 is 0.964 bits per heavy atom. The average Bonchev–Trinajstić information content (AvgIpc) is 3.04. The van der Waals surface area contributed by atoms with Crippen LogP contribution in [-0.4, -0.2) is 0 Å². The van der Waals surface area contributed by atoms with Gasteiger partial charge in [0.2, 0.25) is 0 Å². The van der Waals surface area contributed by atoms with Crippen molar-refractivity contribution < 1.29 is 0 Å². The number of fused-ring (bicyclic) bond motifs is 5. The average molecular weight is 403 g/mol. The second-order valence-electron chi connectivity index (χ2n) is 12.0. The third-order valence-corrected chi connectivity index (χ3v) is 11.2. The Hall–Kier alpha value is 0.0900. The van der Waals surface area contributed by atoms with E-state index in [9.17, 15) is 0 Å². The van der Waals surface area contributed by atoms with Gasteiger partial charge in [0.15, 0.2) is 0 Å². The lowest BCUT2D eigenvalue weighted by Crippen LogP contribution is -2.53. The summed E-state index contributed by atoms with van der Waals surface area (Å²) in [5, 5.41) is 2.00. The molecule has 0 aliphatic heterocycles. The van der Waals surface area contributed by atoms with E-state index in [1.165, 1.54) is 50.5 Å². The molecule has 0 spiro atoms. The Kier molecular flexibility index (Phi) is 6.33. The Morgan fingerprint density at radius 2 is 1.75 bits per heavy atom. The molecule has 0 N–H and O–H groups in total. The van der Waals surface area contributed by atoms with Crippen LogP contribution in [0.3, 0.4) is 0 Å². The summed E-state index contributed by atoms with van der Waals surface area (Å²) in [4.78, 5) is 0. The molecule has 0 heterocycles. The summed E-state index contributed by atoms with van der Waals surface area (Å²) in [5.74, 6) is 6.10. The van der Waals surface area contributed by atoms with Crippen molar-refractivity contribution in [1.29, 1.82) is 0 Å². The molecule has 4 aliphatic carbocycles. The van der Waals surface area contributed by atoms with Crippen molar-refractivity contribution in [2.75, 3.05) is 0 Å². The number of hydrogen-bond donors (Lipinski definition) is 1. The summed E-state index contributed by atoms with van der Waals surface area (Å²) in [5.41, 5.74) is 2.79. The van der Waals surface area contributed by atoms with Gasteiger partial charge in [-0.05, 0) is 123 Å². The number of allylic oxidation sites excluding steroid dienone is 1. The molecule has 0 aromatic rings. The molecule has 160 valence electrons. The molecule has 0 amide bonds. The summed E-state index contributed by atoms with van der Waals surface area (Å²) in [7, 11) is 0. The van der Waals surface area contributed by atoms with Crippen molar-refractivity contribution in [3.8, 4) is 0 Å². The first-order valence-electron chi connectivity index (χ1n) is 12.7. The second kappa shape index (κ2) is 8.32. The van der Waals surface area contributed by atoms with Crippen molar-refractivity contribution in [3.63, 3.8) is 0 Å². The van der Waals surface area contributed by atoms with E-state index >= 15 is 0 Å². The van der Waals surface area contributed by atoms with Crippen molar-refractivity contribution >= 4 is 12.6 Å². The molecule has 0 aromatic heterocycles. The zero-order valence-corrected chi connectivity index (χ0v) is 20.1. The summed E-state index contributed by atoms with van der Waals surface area (Å²) in [6, 6.07) is 0. The van der Waals surface area contributed by atoms with Crippen LogP contribution >= 0.6 is 12.6 Å². The summed E-state index contributed by atoms with van der Waals surface area (Å²) >= 11 is 4.32. The highest BCUT2D eigenvalue weighted by molar-refractivity contribution is 7.83. The van der Waals surface area contributed by atoms with Crippen LogP contribution in [-0.2, 0) is 0 Å². The van der Waals surface area contributed by atoms with Gasteiger partial charge in [-0.2, -0.15) is 12.6 Å². The minimum Gasteiger partial charge on any atom is -0.151 e. The Morgan fingerprint density at radius 3 is 2.54 bits per heavy atom. The molecular weight excluding hydrogens is 356 g/mol. The maximum atomic E-state index is 4.32. The molecule has 0 aromatic carbocycles. The zero-order valence-electron chi connectivity index (χ0n) is 19.2. The van der Waals surface area contributed by atoms with Crippen molar-refractivity contribution in [2.45, 2.75) is 111 Å². The topological polar surface area (TPSA) is 0 Å². The first kappa shape index (κ1) is 21.3. The molecule has 4 aliphatic rings. The number of rotatable bonds is 5. The molecule has 0 bridgehead atoms. The maximum absolute atomic E-state index is 4.32. The van der Waals surface area contributed by atoms with E-state index in [0.29, 0.717) is 10.8 Å². The third kappa shape index (κ3) is 3.54. The first-order chi connectivity index (χ1) is 13.4. The van der Waals surface area contributed by atoms with Crippen LogP contribution in [0.25, 0.3) is 0 Å². The third-order valence-electron chi connectivity index (χ3n) is 10.8. The fourth-order valence-electron chi connectivity index (χ4n) is 9.24. The first-order valence-corrected chi connectivity index (χ1v) is 13.2. The van der Waals surface area contributed by atoms with Crippen LogP contribution in [0.15, 0.2) is 11.0 Å². The maximum Gasteiger partial charge on any atom is -0.0264 e. The van der Waals surface area contributed by atoms with Crippen LogP contribution < -0.4 is 0 Å². The van der Waals surface area contributed by atoms with Gasteiger partial charge in [0, 0.05) is 0 Å². The van der Waals surface area contributed by atoms with E-state index in [1.54, 1.807) is 38.5 Å². The van der Waals surface area contributed by atoms with E-state index in [-0.39, 0.29) is 0 Å². The van der Waals surface area contributed by atoms with Gasteiger partial charge in [-0.3, -0.25) is 0 Å². The molecule has 28 heavy (non-hydrogen) atoms.